The molecule has 1 aliphatic carbocycles. The third kappa shape index (κ3) is 7.48. The van der Waals surface area contributed by atoms with Crippen molar-refractivity contribution in [3.8, 4) is 5.75 Å². The van der Waals surface area contributed by atoms with Gasteiger partial charge in [-0.25, -0.2) is 0 Å². The highest BCUT2D eigenvalue weighted by atomic mass is 19.4. The molecule has 1 aliphatic heterocycles. The van der Waals surface area contributed by atoms with E-state index in [9.17, 15) is 40.7 Å². The van der Waals surface area contributed by atoms with Gasteiger partial charge >= 0.3 is 12.4 Å². The molecule has 0 bridgehead atoms. The first-order valence-corrected chi connectivity index (χ1v) is 13.3. The van der Waals surface area contributed by atoms with Gasteiger partial charge in [0.15, 0.2) is 11.9 Å². The van der Waals surface area contributed by atoms with E-state index in [4.69, 9.17) is 10.5 Å². The standard InChI is InChI=1S/C29H29F6N3O4/c1-42-23-7-3-6-18-20(23)14-22(39)26(37-24(18)16-4-2-5-17(13-16)29(33,34)35)38-27(41)19(10-11-28(30,31)32)21(25(36)40)12-15-8-9-15/h2-7,13,15,19,21,26H,8-12,14H2,1H3,(H2,36,40)(H,38,41)/t19-,21+,26-/m1/s1. The van der Waals surface area contributed by atoms with E-state index >= 15 is 0 Å². The van der Waals surface area contributed by atoms with Crippen LogP contribution in [0, 0.1) is 17.8 Å². The number of Topliss-reactive ketones (excluding diaryl/α,β-unsaturated/α-hetero) is 1. The van der Waals surface area contributed by atoms with Crippen LogP contribution < -0.4 is 15.8 Å². The Morgan fingerprint density at radius 2 is 1.76 bits per heavy atom. The minimum Gasteiger partial charge on any atom is -0.496 e. The van der Waals surface area contributed by atoms with Gasteiger partial charge in [0.2, 0.25) is 11.8 Å². The van der Waals surface area contributed by atoms with Crippen molar-refractivity contribution in [3.05, 3.63) is 64.7 Å². The molecule has 2 aliphatic rings. The molecule has 1 saturated carbocycles. The Kier molecular flexibility index (Phi) is 8.98. The number of halogens is 6. The monoisotopic (exact) mass is 597 g/mol. The quantitative estimate of drug-likeness (QED) is 0.377. The molecule has 0 radical (unpaired) electrons. The number of carbonyl (C=O) groups excluding carboxylic acids is 3. The summed E-state index contributed by atoms with van der Waals surface area (Å²) in [5.74, 6) is -5.02. The van der Waals surface area contributed by atoms with Crippen molar-refractivity contribution >= 4 is 23.3 Å². The van der Waals surface area contributed by atoms with Gasteiger partial charge in [0.1, 0.15) is 5.75 Å². The third-order valence-corrected chi connectivity index (χ3v) is 7.48. The molecule has 3 atom stereocenters. The van der Waals surface area contributed by atoms with Gasteiger partial charge in [0, 0.05) is 41.4 Å². The molecule has 2 amide bonds. The zero-order chi connectivity index (χ0) is 30.8. The van der Waals surface area contributed by atoms with Crippen LogP contribution in [-0.2, 0) is 27.0 Å². The van der Waals surface area contributed by atoms with Gasteiger partial charge in [-0.05, 0) is 37.0 Å². The van der Waals surface area contributed by atoms with E-state index in [-0.39, 0.29) is 41.3 Å². The maximum atomic E-state index is 13.5. The number of hydrogen-bond donors (Lipinski definition) is 2. The summed E-state index contributed by atoms with van der Waals surface area (Å²) >= 11 is 0. The minimum absolute atomic E-state index is 0.00866. The first kappa shape index (κ1) is 31.0. The number of methoxy groups -OCH3 is 1. The Hall–Kier alpha value is -3.90. The summed E-state index contributed by atoms with van der Waals surface area (Å²) in [5.41, 5.74) is 5.08. The van der Waals surface area contributed by atoms with E-state index in [0.717, 1.165) is 25.0 Å². The van der Waals surface area contributed by atoms with Crippen LogP contribution in [0.5, 0.6) is 5.75 Å². The number of nitrogens with two attached hydrogens (primary N) is 1. The molecule has 4 rings (SSSR count). The lowest BCUT2D eigenvalue weighted by Gasteiger charge is -2.26. The van der Waals surface area contributed by atoms with Crippen molar-refractivity contribution < 1.29 is 45.5 Å². The second kappa shape index (κ2) is 12.1. The van der Waals surface area contributed by atoms with Crippen molar-refractivity contribution in [1.82, 2.24) is 5.32 Å². The molecule has 1 fully saturated rings. The third-order valence-electron chi connectivity index (χ3n) is 7.48. The largest absolute Gasteiger partial charge is 0.496 e. The molecule has 3 N–H and O–H groups in total. The van der Waals surface area contributed by atoms with Crippen LogP contribution in [0.4, 0.5) is 26.3 Å². The van der Waals surface area contributed by atoms with Gasteiger partial charge < -0.3 is 15.8 Å². The second-order valence-electron chi connectivity index (χ2n) is 10.5. The topological polar surface area (TPSA) is 111 Å². The summed E-state index contributed by atoms with van der Waals surface area (Å²) < 4.78 is 85.4. The lowest BCUT2D eigenvalue weighted by Crippen LogP contribution is -2.47. The van der Waals surface area contributed by atoms with Crippen LogP contribution in [-0.4, -0.2) is 42.8 Å². The van der Waals surface area contributed by atoms with Crippen LogP contribution in [0.1, 0.15) is 54.4 Å². The summed E-state index contributed by atoms with van der Waals surface area (Å²) in [4.78, 5) is 43.5. The lowest BCUT2D eigenvalue weighted by atomic mass is 9.83. The van der Waals surface area contributed by atoms with Crippen molar-refractivity contribution in [2.75, 3.05) is 7.11 Å². The molecular weight excluding hydrogens is 568 g/mol. The van der Waals surface area contributed by atoms with Crippen LogP contribution in [0.25, 0.3) is 0 Å². The first-order chi connectivity index (χ1) is 19.7. The van der Waals surface area contributed by atoms with E-state index in [1.165, 1.54) is 19.2 Å². The van der Waals surface area contributed by atoms with Gasteiger partial charge in [0.25, 0.3) is 0 Å². The SMILES string of the molecule is COc1cccc2c1CC(=O)[C@@H](NC(=O)[C@H](CCC(F)(F)F)[C@H](CC1CC1)C(N)=O)N=C2c1cccc(C(F)(F)F)c1. The smallest absolute Gasteiger partial charge is 0.416 e. The van der Waals surface area contributed by atoms with Gasteiger partial charge in [-0.1, -0.05) is 37.1 Å². The molecular formula is C29H29F6N3O4. The van der Waals surface area contributed by atoms with Crippen molar-refractivity contribution in [2.24, 2.45) is 28.5 Å². The maximum absolute atomic E-state index is 13.5. The molecule has 13 heteroatoms. The number of nitrogens with one attached hydrogen (secondary N) is 1. The average molecular weight is 598 g/mol. The van der Waals surface area contributed by atoms with Crippen LogP contribution in [0.15, 0.2) is 47.5 Å². The fourth-order valence-corrected chi connectivity index (χ4v) is 5.16. The number of aliphatic imine (C=N–C) groups is 1. The van der Waals surface area contributed by atoms with E-state index < -0.39 is 66.4 Å². The number of ether oxygens (including phenoxy) is 1. The van der Waals surface area contributed by atoms with Crippen molar-refractivity contribution in [1.29, 1.82) is 0 Å². The van der Waals surface area contributed by atoms with Gasteiger partial charge in [0.05, 0.1) is 18.4 Å². The Balaban J connectivity index is 1.75. The number of rotatable bonds is 10. The summed E-state index contributed by atoms with van der Waals surface area (Å²) in [7, 11) is 1.35. The molecule has 0 saturated heterocycles. The number of ketones is 1. The highest BCUT2D eigenvalue weighted by Gasteiger charge is 2.41. The Labute approximate surface area is 237 Å². The fourth-order valence-electron chi connectivity index (χ4n) is 5.16. The number of nitrogens with zero attached hydrogens (tertiary/aromatic N) is 1. The molecule has 0 spiro atoms. The fraction of sp³-hybridized carbons (Fsp3) is 0.448. The Morgan fingerprint density at radius 1 is 1.07 bits per heavy atom. The zero-order valence-electron chi connectivity index (χ0n) is 22.5. The minimum atomic E-state index is -4.68. The molecule has 0 unspecified atom stereocenters. The molecule has 7 nitrogen and oxygen atoms in total. The normalized spacial score (nSPS) is 18.8. The molecule has 1 heterocycles. The number of hydrogen-bond acceptors (Lipinski definition) is 5. The first-order valence-electron chi connectivity index (χ1n) is 13.3. The Bertz CT molecular complexity index is 1380. The number of carbonyl (C=O) groups is 3. The maximum Gasteiger partial charge on any atom is 0.416 e. The van der Waals surface area contributed by atoms with E-state index in [2.05, 4.69) is 10.3 Å². The number of alkyl halides is 6. The van der Waals surface area contributed by atoms with Gasteiger partial charge in [-0.3, -0.25) is 19.4 Å². The molecule has 2 aromatic carbocycles. The number of amides is 2. The van der Waals surface area contributed by atoms with E-state index in [1.54, 1.807) is 18.2 Å². The highest BCUT2D eigenvalue weighted by molar-refractivity contribution is 6.16. The molecule has 42 heavy (non-hydrogen) atoms. The van der Waals surface area contributed by atoms with Crippen molar-refractivity contribution in [3.63, 3.8) is 0 Å². The molecule has 0 aromatic heterocycles. The predicted octanol–water partition coefficient (Wildman–Crippen LogP) is 4.98. The van der Waals surface area contributed by atoms with Gasteiger partial charge in [-0.2, -0.15) is 26.3 Å². The van der Waals surface area contributed by atoms with Crippen LogP contribution in [0.3, 0.4) is 0 Å². The van der Waals surface area contributed by atoms with Gasteiger partial charge in [-0.15, -0.1) is 0 Å². The number of primary amides is 1. The summed E-state index contributed by atoms with van der Waals surface area (Å²) in [6.45, 7) is 0. The van der Waals surface area contributed by atoms with Crippen molar-refractivity contribution in [2.45, 2.75) is 57.0 Å². The summed E-state index contributed by atoms with van der Waals surface area (Å²) in [5, 5.41) is 2.38. The van der Waals surface area contributed by atoms with Crippen LogP contribution >= 0.6 is 0 Å². The molecule has 226 valence electrons. The highest BCUT2D eigenvalue weighted by Crippen LogP contribution is 2.39. The van der Waals surface area contributed by atoms with E-state index in [1.807, 2.05) is 0 Å². The number of fused-ring (bicyclic) bond motifs is 1. The van der Waals surface area contributed by atoms with E-state index in [0.29, 0.717) is 5.56 Å². The number of benzene rings is 2. The van der Waals surface area contributed by atoms with Crippen LogP contribution in [0.2, 0.25) is 0 Å². The summed E-state index contributed by atoms with van der Waals surface area (Å²) in [6, 6.07) is 8.90. The Morgan fingerprint density at radius 3 is 2.36 bits per heavy atom. The summed E-state index contributed by atoms with van der Waals surface area (Å²) in [6.07, 6.45) is -11.8. The molecule has 2 aromatic rings. The predicted molar refractivity (Wildman–Crippen MR) is 140 cm³/mol. The second-order valence-corrected chi connectivity index (χ2v) is 10.5. The lowest BCUT2D eigenvalue weighted by molar-refractivity contribution is -0.146. The average Bonchev–Trinajstić information content (AvgIpc) is 3.74. The zero-order valence-corrected chi connectivity index (χ0v) is 22.5.